The highest BCUT2D eigenvalue weighted by Gasteiger charge is 2.27. The fraction of sp³-hybridized carbons (Fsp3) is 0.706. The zero-order chi connectivity index (χ0) is 18.4. The maximum Gasteiger partial charge on any atom is 0.246 e. The number of nitrogens with zero attached hydrogens (tertiary/aromatic N) is 6. The molecule has 0 saturated carbocycles. The third-order valence-electron chi connectivity index (χ3n) is 4.73. The van der Waals surface area contributed by atoms with Crippen molar-refractivity contribution in [1.29, 1.82) is 0 Å². The number of rotatable bonds is 6. The first-order chi connectivity index (χ1) is 12.0. The van der Waals surface area contributed by atoms with Gasteiger partial charge in [0.25, 0.3) is 0 Å². The summed E-state index contributed by atoms with van der Waals surface area (Å²) in [6.07, 6.45) is 3.60. The first-order valence-electron chi connectivity index (χ1n) is 8.98. The molecule has 1 N–H and O–H groups in total. The fourth-order valence-electron chi connectivity index (χ4n) is 3.22. The summed E-state index contributed by atoms with van der Waals surface area (Å²) in [5, 5.41) is 7.56. The minimum absolute atomic E-state index is 0. The molecule has 0 spiro atoms. The second kappa shape index (κ2) is 10.7. The summed E-state index contributed by atoms with van der Waals surface area (Å²) in [6, 6.07) is 0.416. The molecule has 1 aliphatic rings. The molecule has 2 rings (SSSR count). The van der Waals surface area contributed by atoms with Gasteiger partial charge in [-0.05, 0) is 20.0 Å². The molecule has 1 unspecified atom stereocenters. The number of aliphatic imine (C=N–C) groups is 1. The van der Waals surface area contributed by atoms with Crippen LogP contribution in [-0.2, 0) is 11.8 Å². The topological polar surface area (TPSA) is 69.0 Å². The van der Waals surface area contributed by atoms with Gasteiger partial charge in [0.05, 0.1) is 11.9 Å². The van der Waals surface area contributed by atoms with Crippen LogP contribution in [-0.4, -0.2) is 83.8 Å². The molecule has 0 bridgehead atoms. The molecule has 0 aliphatic carbocycles. The highest BCUT2D eigenvalue weighted by Crippen LogP contribution is 2.16. The van der Waals surface area contributed by atoms with Crippen LogP contribution in [0.4, 0.5) is 5.69 Å². The van der Waals surface area contributed by atoms with Gasteiger partial charge in [-0.15, -0.1) is 24.0 Å². The van der Waals surface area contributed by atoms with Crippen molar-refractivity contribution in [2.45, 2.75) is 26.8 Å². The van der Waals surface area contributed by atoms with E-state index in [9.17, 15) is 4.79 Å². The Kier molecular flexibility index (Phi) is 9.34. The molecule has 1 saturated heterocycles. The van der Waals surface area contributed by atoms with E-state index < -0.39 is 0 Å². The third-order valence-corrected chi connectivity index (χ3v) is 4.73. The fourth-order valence-corrected chi connectivity index (χ4v) is 3.22. The number of halogens is 1. The van der Waals surface area contributed by atoms with Crippen LogP contribution in [0.5, 0.6) is 0 Å². The molecular formula is C17H32IN7O. The zero-order valence-corrected chi connectivity index (χ0v) is 18.8. The van der Waals surface area contributed by atoms with Gasteiger partial charge in [-0.3, -0.25) is 19.4 Å². The average molecular weight is 477 g/mol. The molecule has 148 valence electrons. The normalized spacial score (nSPS) is 16.7. The lowest BCUT2D eigenvalue weighted by Crippen LogP contribution is -2.56. The van der Waals surface area contributed by atoms with Crippen LogP contribution >= 0.6 is 24.0 Å². The number of aryl methyl sites for hydroxylation is 1. The Morgan fingerprint density at radius 1 is 1.38 bits per heavy atom. The van der Waals surface area contributed by atoms with Gasteiger partial charge in [0, 0.05) is 46.0 Å². The lowest BCUT2D eigenvalue weighted by Gasteiger charge is -2.36. The molecule has 0 aromatic carbocycles. The Bertz CT molecular complexity index is 600. The van der Waals surface area contributed by atoms with Gasteiger partial charge in [0.15, 0.2) is 5.96 Å². The van der Waals surface area contributed by atoms with Gasteiger partial charge in [-0.25, -0.2) is 0 Å². The SMILES string of the molecule is CCN(CC)C(C)CNC(=NC)N1CCN(c2cnn(C)c2)C(=O)C1.I. The average Bonchev–Trinajstić information content (AvgIpc) is 3.02. The molecule has 2 heterocycles. The molecular weight excluding hydrogens is 445 g/mol. The minimum atomic E-state index is 0. The Morgan fingerprint density at radius 3 is 2.58 bits per heavy atom. The molecule has 9 heteroatoms. The van der Waals surface area contributed by atoms with E-state index in [4.69, 9.17) is 0 Å². The van der Waals surface area contributed by atoms with E-state index in [1.807, 2.05) is 18.1 Å². The summed E-state index contributed by atoms with van der Waals surface area (Å²) in [5.74, 6) is 0.859. The standard InChI is InChI=1S/C17H31N7O.HI/c1-6-22(7-2)14(3)10-19-17(18-4)23-8-9-24(16(25)13-23)15-11-20-21(5)12-15;/h11-12,14H,6-10,13H2,1-5H3,(H,18,19);1H. The zero-order valence-electron chi connectivity index (χ0n) is 16.5. The van der Waals surface area contributed by atoms with Crippen LogP contribution in [0.15, 0.2) is 17.4 Å². The van der Waals surface area contributed by atoms with Crippen molar-refractivity contribution in [2.75, 3.05) is 51.2 Å². The number of hydrogen-bond donors (Lipinski definition) is 1. The van der Waals surface area contributed by atoms with Crippen LogP contribution in [0.3, 0.4) is 0 Å². The predicted molar refractivity (Wildman–Crippen MR) is 116 cm³/mol. The molecule has 1 atom stereocenters. The number of likely N-dealkylation sites (N-methyl/N-ethyl adjacent to an activating group) is 1. The number of carbonyl (C=O) groups is 1. The molecule has 1 fully saturated rings. The van der Waals surface area contributed by atoms with Crippen molar-refractivity contribution in [2.24, 2.45) is 12.0 Å². The number of aromatic nitrogens is 2. The lowest BCUT2D eigenvalue weighted by atomic mass is 10.2. The molecule has 1 aliphatic heterocycles. The van der Waals surface area contributed by atoms with Crippen molar-refractivity contribution < 1.29 is 4.79 Å². The Morgan fingerprint density at radius 2 is 2.08 bits per heavy atom. The van der Waals surface area contributed by atoms with E-state index in [1.165, 1.54) is 0 Å². The largest absolute Gasteiger partial charge is 0.355 e. The van der Waals surface area contributed by atoms with Gasteiger partial charge >= 0.3 is 0 Å². The molecule has 8 nitrogen and oxygen atoms in total. The summed E-state index contributed by atoms with van der Waals surface area (Å²) in [4.78, 5) is 23.1. The van der Waals surface area contributed by atoms with Crippen LogP contribution < -0.4 is 10.2 Å². The number of guanidine groups is 1. The van der Waals surface area contributed by atoms with Crippen LogP contribution in [0.2, 0.25) is 0 Å². The van der Waals surface area contributed by atoms with Crippen LogP contribution in [0.25, 0.3) is 0 Å². The highest BCUT2D eigenvalue weighted by molar-refractivity contribution is 14.0. The number of piperazine rings is 1. The second-order valence-electron chi connectivity index (χ2n) is 6.34. The van der Waals surface area contributed by atoms with E-state index in [0.29, 0.717) is 19.1 Å². The maximum atomic E-state index is 12.5. The van der Waals surface area contributed by atoms with Crippen molar-refractivity contribution >= 4 is 41.5 Å². The number of hydrogen-bond acceptors (Lipinski definition) is 4. The monoisotopic (exact) mass is 477 g/mol. The van der Waals surface area contributed by atoms with Gasteiger partial charge in [-0.1, -0.05) is 13.8 Å². The van der Waals surface area contributed by atoms with Crippen LogP contribution in [0, 0.1) is 0 Å². The third kappa shape index (κ3) is 5.57. The number of nitrogens with one attached hydrogen (secondary N) is 1. The second-order valence-corrected chi connectivity index (χ2v) is 6.34. The first kappa shape index (κ1) is 22.7. The molecule has 0 radical (unpaired) electrons. The quantitative estimate of drug-likeness (QED) is 0.376. The molecule has 1 amide bonds. The van der Waals surface area contributed by atoms with Crippen molar-refractivity contribution in [3.63, 3.8) is 0 Å². The number of anilines is 1. The van der Waals surface area contributed by atoms with E-state index in [0.717, 1.165) is 37.8 Å². The van der Waals surface area contributed by atoms with Gasteiger partial charge in [-0.2, -0.15) is 5.10 Å². The summed E-state index contributed by atoms with van der Waals surface area (Å²) in [7, 11) is 3.62. The van der Waals surface area contributed by atoms with Crippen molar-refractivity contribution in [3.05, 3.63) is 12.4 Å². The highest BCUT2D eigenvalue weighted by atomic mass is 127. The number of amides is 1. The number of carbonyl (C=O) groups excluding carboxylic acids is 1. The predicted octanol–water partition coefficient (Wildman–Crippen LogP) is 0.992. The molecule has 1 aromatic heterocycles. The lowest BCUT2D eigenvalue weighted by molar-refractivity contribution is -0.120. The molecule has 26 heavy (non-hydrogen) atoms. The van der Waals surface area contributed by atoms with Gasteiger partial charge in [0.2, 0.25) is 5.91 Å². The Balaban J connectivity index is 0.00000338. The smallest absolute Gasteiger partial charge is 0.246 e. The Hall–Kier alpha value is -1.36. The summed E-state index contributed by atoms with van der Waals surface area (Å²) >= 11 is 0. The van der Waals surface area contributed by atoms with E-state index in [2.05, 4.69) is 41.1 Å². The Labute approximate surface area is 173 Å². The summed E-state index contributed by atoms with van der Waals surface area (Å²) < 4.78 is 1.71. The van der Waals surface area contributed by atoms with E-state index in [-0.39, 0.29) is 29.9 Å². The van der Waals surface area contributed by atoms with Crippen LogP contribution in [0.1, 0.15) is 20.8 Å². The molecule has 1 aromatic rings. The van der Waals surface area contributed by atoms with Gasteiger partial charge < -0.3 is 15.1 Å². The summed E-state index contributed by atoms with van der Waals surface area (Å²) in [5.41, 5.74) is 0.852. The van der Waals surface area contributed by atoms with E-state index in [1.54, 1.807) is 22.8 Å². The van der Waals surface area contributed by atoms with Gasteiger partial charge in [0.1, 0.15) is 6.54 Å². The maximum absolute atomic E-state index is 12.5. The minimum Gasteiger partial charge on any atom is -0.355 e. The van der Waals surface area contributed by atoms with E-state index >= 15 is 0 Å². The summed E-state index contributed by atoms with van der Waals surface area (Å²) in [6.45, 7) is 11.1. The van der Waals surface area contributed by atoms with Crippen molar-refractivity contribution in [3.8, 4) is 0 Å². The van der Waals surface area contributed by atoms with Crippen molar-refractivity contribution in [1.82, 2.24) is 24.9 Å². The first-order valence-corrected chi connectivity index (χ1v) is 8.98.